The standard InChI is InChI=1S/C31H33ClFN3O3S/c1-24(2)19-36(40(38,39)30-16-12-27(32)13-17-30)23-31(37)35(21-25-7-4-3-5-8-25)22-29-9-6-18-34(29)20-26-10-14-28(33)15-11-26/h3-18,24H,19-23H2,1-2H3. The fourth-order valence-corrected chi connectivity index (χ4v) is 6.11. The molecule has 0 radical (unpaired) electrons. The van der Waals surface area contributed by atoms with Gasteiger partial charge in [0, 0.05) is 36.5 Å². The highest BCUT2D eigenvalue weighted by Crippen LogP contribution is 2.21. The van der Waals surface area contributed by atoms with Crippen LogP contribution in [0.4, 0.5) is 4.39 Å². The summed E-state index contributed by atoms with van der Waals surface area (Å²) in [6, 6.07) is 25.7. The molecule has 0 saturated heterocycles. The number of rotatable bonds is 12. The first-order valence-corrected chi connectivity index (χ1v) is 14.9. The van der Waals surface area contributed by atoms with Gasteiger partial charge in [-0.05, 0) is 65.6 Å². The zero-order valence-electron chi connectivity index (χ0n) is 22.6. The van der Waals surface area contributed by atoms with Crippen molar-refractivity contribution in [2.24, 2.45) is 5.92 Å². The van der Waals surface area contributed by atoms with Crippen LogP contribution in [0.5, 0.6) is 0 Å². The summed E-state index contributed by atoms with van der Waals surface area (Å²) in [7, 11) is -3.94. The highest BCUT2D eigenvalue weighted by Gasteiger charge is 2.29. The van der Waals surface area contributed by atoms with Gasteiger partial charge >= 0.3 is 0 Å². The van der Waals surface area contributed by atoms with Crippen LogP contribution < -0.4 is 0 Å². The first-order valence-electron chi connectivity index (χ1n) is 13.1. The average molecular weight is 582 g/mol. The number of hydrogen-bond donors (Lipinski definition) is 0. The third kappa shape index (κ3) is 7.81. The van der Waals surface area contributed by atoms with E-state index < -0.39 is 10.0 Å². The molecule has 40 heavy (non-hydrogen) atoms. The van der Waals surface area contributed by atoms with Gasteiger partial charge in [-0.2, -0.15) is 4.31 Å². The van der Waals surface area contributed by atoms with Crippen molar-refractivity contribution in [1.82, 2.24) is 13.8 Å². The lowest BCUT2D eigenvalue weighted by Crippen LogP contribution is -2.44. The molecule has 6 nitrogen and oxygen atoms in total. The topological polar surface area (TPSA) is 62.6 Å². The fraction of sp³-hybridized carbons (Fsp3) is 0.258. The van der Waals surface area contributed by atoms with Gasteiger partial charge in [-0.15, -0.1) is 0 Å². The molecule has 0 unspecified atom stereocenters. The van der Waals surface area contributed by atoms with Gasteiger partial charge in [-0.1, -0.05) is 67.9 Å². The van der Waals surface area contributed by atoms with Gasteiger partial charge in [-0.3, -0.25) is 4.79 Å². The van der Waals surface area contributed by atoms with Crippen LogP contribution in [0, 0.1) is 11.7 Å². The maximum Gasteiger partial charge on any atom is 0.243 e. The van der Waals surface area contributed by atoms with E-state index in [0.717, 1.165) is 16.8 Å². The molecule has 0 spiro atoms. The van der Waals surface area contributed by atoms with E-state index in [9.17, 15) is 17.6 Å². The molecule has 210 valence electrons. The van der Waals surface area contributed by atoms with Crippen LogP contribution in [0.2, 0.25) is 5.02 Å². The Labute approximate surface area is 240 Å². The molecule has 0 saturated carbocycles. The van der Waals surface area contributed by atoms with Crippen LogP contribution in [0.25, 0.3) is 0 Å². The summed E-state index contributed by atoms with van der Waals surface area (Å²) in [5, 5.41) is 0.433. The first-order chi connectivity index (χ1) is 19.1. The minimum atomic E-state index is -3.94. The number of halogens is 2. The minimum absolute atomic E-state index is 0.00499. The Morgan fingerprint density at radius 2 is 1.55 bits per heavy atom. The van der Waals surface area contributed by atoms with Crippen molar-refractivity contribution in [3.8, 4) is 0 Å². The molecular weight excluding hydrogens is 549 g/mol. The molecule has 0 bridgehead atoms. The Hall–Kier alpha value is -3.46. The van der Waals surface area contributed by atoms with Gasteiger partial charge in [0.1, 0.15) is 5.82 Å². The summed E-state index contributed by atoms with van der Waals surface area (Å²) in [4.78, 5) is 15.6. The summed E-state index contributed by atoms with van der Waals surface area (Å²) >= 11 is 5.98. The first kappa shape index (κ1) is 29.5. The van der Waals surface area contributed by atoms with Crippen LogP contribution in [-0.2, 0) is 34.5 Å². The smallest absolute Gasteiger partial charge is 0.243 e. The Bertz CT molecular complexity index is 1510. The molecule has 0 aliphatic carbocycles. The number of aromatic nitrogens is 1. The zero-order chi connectivity index (χ0) is 28.7. The lowest BCUT2D eigenvalue weighted by molar-refractivity contribution is -0.132. The Balaban J connectivity index is 1.60. The predicted molar refractivity (Wildman–Crippen MR) is 156 cm³/mol. The van der Waals surface area contributed by atoms with Crippen LogP contribution in [-0.4, -0.2) is 41.2 Å². The van der Waals surface area contributed by atoms with Crippen molar-refractivity contribution >= 4 is 27.5 Å². The Morgan fingerprint density at radius 1 is 0.875 bits per heavy atom. The maximum absolute atomic E-state index is 13.9. The quantitative estimate of drug-likeness (QED) is 0.200. The highest BCUT2D eigenvalue weighted by atomic mass is 35.5. The normalized spacial score (nSPS) is 11.8. The number of nitrogens with zero attached hydrogens (tertiary/aromatic N) is 3. The number of benzene rings is 3. The zero-order valence-corrected chi connectivity index (χ0v) is 24.2. The number of sulfonamides is 1. The van der Waals surface area contributed by atoms with Gasteiger partial charge in [0.05, 0.1) is 18.0 Å². The van der Waals surface area contributed by atoms with Crippen LogP contribution >= 0.6 is 11.6 Å². The lowest BCUT2D eigenvalue weighted by atomic mass is 10.2. The second-order valence-electron chi connectivity index (χ2n) is 10.1. The number of hydrogen-bond acceptors (Lipinski definition) is 3. The van der Waals surface area contributed by atoms with Crippen molar-refractivity contribution in [3.05, 3.63) is 125 Å². The molecule has 0 aliphatic heterocycles. The van der Waals surface area contributed by atoms with E-state index in [2.05, 4.69) is 0 Å². The van der Waals surface area contributed by atoms with Gasteiger partial charge in [-0.25, -0.2) is 12.8 Å². The number of amides is 1. The number of carbonyl (C=O) groups excluding carboxylic acids is 1. The maximum atomic E-state index is 13.9. The van der Waals surface area contributed by atoms with Gasteiger partial charge in [0.15, 0.2) is 0 Å². The molecule has 0 N–H and O–H groups in total. The summed E-state index contributed by atoms with van der Waals surface area (Å²) in [5.74, 6) is -0.599. The third-order valence-corrected chi connectivity index (χ3v) is 8.52. The third-order valence-electron chi connectivity index (χ3n) is 6.44. The molecule has 0 fully saturated rings. The SMILES string of the molecule is CC(C)CN(CC(=O)N(Cc1ccccc1)Cc1cccn1Cc1ccc(F)cc1)S(=O)(=O)c1ccc(Cl)cc1. The lowest BCUT2D eigenvalue weighted by Gasteiger charge is -2.29. The molecule has 9 heteroatoms. The summed E-state index contributed by atoms with van der Waals surface area (Å²) in [5.41, 5.74) is 2.74. The Morgan fingerprint density at radius 3 is 2.20 bits per heavy atom. The van der Waals surface area contributed by atoms with Crippen molar-refractivity contribution in [2.75, 3.05) is 13.1 Å². The monoisotopic (exact) mass is 581 g/mol. The second-order valence-corrected chi connectivity index (χ2v) is 12.5. The summed E-state index contributed by atoms with van der Waals surface area (Å²) < 4.78 is 43.8. The molecule has 3 aromatic carbocycles. The molecule has 0 aliphatic rings. The predicted octanol–water partition coefficient (Wildman–Crippen LogP) is 6.20. The van der Waals surface area contributed by atoms with E-state index in [0.29, 0.717) is 18.1 Å². The van der Waals surface area contributed by atoms with E-state index in [1.165, 1.54) is 40.7 Å². The number of carbonyl (C=O) groups is 1. The molecule has 4 rings (SSSR count). The van der Waals surface area contributed by atoms with Crippen LogP contribution in [0.15, 0.2) is 102 Å². The summed E-state index contributed by atoms with van der Waals surface area (Å²) in [6.45, 7) is 4.83. The van der Waals surface area contributed by atoms with Crippen molar-refractivity contribution in [2.45, 2.75) is 38.4 Å². The molecule has 0 atom stereocenters. The van der Waals surface area contributed by atoms with Gasteiger partial charge in [0.2, 0.25) is 15.9 Å². The molecule has 1 amide bonds. The molecule has 4 aromatic rings. The second kappa shape index (κ2) is 13.3. The van der Waals surface area contributed by atoms with E-state index in [1.54, 1.807) is 17.0 Å². The van der Waals surface area contributed by atoms with Gasteiger partial charge < -0.3 is 9.47 Å². The van der Waals surface area contributed by atoms with Crippen molar-refractivity contribution < 1.29 is 17.6 Å². The van der Waals surface area contributed by atoms with E-state index >= 15 is 0 Å². The summed E-state index contributed by atoms with van der Waals surface area (Å²) in [6.07, 6.45) is 1.92. The van der Waals surface area contributed by atoms with E-state index in [-0.39, 0.29) is 42.2 Å². The largest absolute Gasteiger partial charge is 0.345 e. The van der Waals surface area contributed by atoms with Crippen LogP contribution in [0.1, 0.15) is 30.7 Å². The van der Waals surface area contributed by atoms with Crippen molar-refractivity contribution in [3.63, 3.8) is 0 Å². The highest BCUT2D eigenvalue weighted by molar-refractivity contribution is 7.89. The van der Waals surface area contributed by atoms with Crippen LogP contribution in [0.3, 0.4) is 0 Å². The van der Waals surface area contributed by atoms with Crippen molar-refractivity contribution in [1.29, 1.82) is 0 Å². The van der Waals surface area contributed by atoms with E-state index in [4.69, 9.17) is 11.6 Å². The van der Waals surface area contributed by atoms with Gasteiger partial charge in [0.25, 0.3) is 0 Å². The fourth-order valence-electron chi connectivity index (χ4n) is 4.43. The molecular formula is C31H33ClFN3O3S. The average Bonchev–Trinajstić information content (AvgIpc) is 3.36. The van der Waals surface area contributed by atoms with E-state index in [1.807, 2.05) is 67.1 Å². The molecule has 1 heterocycles. The Kier molecular flexibility index (Phi) is 9.79. The molecule has 1 aromatic heterocycles. The minimum Gasteiger partial charge on any atom is -0.345 e.